The Balaban J connectivity index is 2.56. The molecule has 0 aliphatic rings. The van der Waals surface area contributed by atoms with Crippen LogP contribution in [-0.4, -0.2) is 43.7 Å². The van der Waals surface area contributed by atoms with Crippen LogP contribution in [0.2, 0.25) is 0 Å². The van der Waals surface area contributed by atoms with Crippen molar-refractivity contribution in [1.82, 2.24) is 4.90 Å². The number of hydrogen-bond acceptors (Lipinski definition) is 3. The van der Waals surface area contributed by atoms with E-state index in [4.69, 9.17) is 4.74 Å². The average molecular weight is 292 g/mol. The lowest BCUT2D eigenvalue weighted by molar-refractivity contribution is -0.127. The molecule has 1 aromatic rings. The van der Waals surface area contributed by atoms with Crippen LogP contribution in [0.4, 0.5) is 5.69 Å². The Bertz CT molecular complexity index is 452. The zero-order valence-corrected chi connectivity index (χ0v) is 14.1. The molecular formula is C17H28N2O2. The number of hydrogen-bond donors (Lipinski definition) is 1. The van der Waals surface area contributed by atoms with Crippen molar-refractivity contribution in [2.24, 2.45) is 0 Å². The minimum atomic E-state index is -0.134. The van der Waals surface area contributed by atoms with Crippen LogP contribution in [-0.2, 0) is 16.0 Å². The van der Waals surface area contributed by atoms with E-state index in [-0.39, 0.29) is 11.5 Å². The minimum Gasteiger partial charge on any atom is -0.382 e. The summed E-state index contributed by atoms with van der Waals surface area (Å²) in [4.78, 5) is 13.3. The van der Waals surface area contributed by atoms with Crippen molar-refractivity contribution in [2.75, 3.05) is 26.5 Å². The van der Waals surface area contributed by atoms with Crippen molar-refractivity contribution >= 4 is 11.6 Å². The highest BCUT2D eigenvalue weighted by molar-refractivity contribution is 5.78. The van der Waals surface area contributed by atoms with Gasteiger partial charge in [-0.1, -0.05) is 12.1 Å². The van der Waals surface area contributed by atoms with Crippen LogP contribution < -0.4 is 5.32 Å². The largest absolute Gasteiger partial charge is 0.382 e. The summed E-state index contributed by atoms with van der Waals surface area (Å²) < 4.78 is 5.45. The molecule has 0 aromatic heterocycles. The fraction of sp³-hybridized carbons (Fsp3) is 0.588. The molecule has 0 saturated heterocycles. The molecule has 1 rings (SSSR count). The number of likely N-dealkylation sites (N-methyl/N-ethyl adjacent to an activating group) is 1. The fourth-order valence-corrected chi connectivity index (χ4v) is 2.21. The van der Waals surface area contributed by atoms with E-state index >= 15 is 0 Å². The van der Waals surface area contributed by atoms with Crippen LogP contribution in [0.5, 0.6) is 0 Å². The maximum absolute atomic E-state index is 11.7. The monoisotopic (exact) mass is 292 g/mol. The van der Waals surface area contributed by atoms with E-state index in [0.29, 0.717) is 12.5 Å². The first kappa shape index (κ1) is 17.5. The highest BCUT2D eigenvalue weighted by Crippen LogP contribution is 2.19. The van der Waals surface area contributed by atoms with Gasteiger partial charge in [0.1, 0.15) is 0 Å². The van der Waals surface area contributed by atoms with Crippen molar-refractivity contribution in [3.05, 3.63) is 29.8 Å². The number of carbonyl (C=O) groups excluding carboxylic acids is 1. The van der Waals surface area contributed by atoms with Gasteiger partial charge in [-0.15, -0.1) is 0 Å². The molecule has 0 saturated carbocycles. The molecule has 1 amide bonds. The second-order valence-electron chi connectivity index (χ2n) is 6.38. The van der Waals surface area contributed by atoms with E-state index in [9.17, 15) is 4.79 Å². The smallest absolute Gasteiger partial charge is 0.226 e. The van der Waals surface area contributed by atoms with E-state index in [1.807, 2.05) is 24.3 Å². The normalized spacial score (nSPS) is 12.9. The van der Waals surface area contributed by atoms with E-state index in [1.54, 1.807) is 26.1 Å². The van der Waals surface area contributed by atoms with E-state index in [2.05, 4.69) is 26.1 Å². The molecule has 0 bridgehead atoms. The SMILES string of the molecule is COC(C)(C)CC(C)Nc1ccc(CC(=O)N(C)C)cc1. The lowest BCUT2D eigenvalue weighted by Crippen LogP contribution is -2.31. The van der Waals surface area contributed by atoms with Gasteiger partial charge >= 0.3 is 0 Å². The Morgan fingerprint density at radius 2 is 1.86 bits per heavy atom. The predicted molar refractivity (Wildman–Crippen MR) is 87.6 cm³/mol. The average Bonchev–Trinajstić information content (AvgIpc) is 2.40. The molecule has 0 radical (unpaired) electrons. The van der Waals surface area contributed by atoms with Crippen molar-refractivity contribution in [3.63, 3.8) is 0 Å². The number of rotatable bonds is 7. The standard InChI is InChI=1S/C17H28N2O2/c1-13(12-17(2,3)21-6)18-15-9-7-14(8-10-15)11-16(20)19(4)5/h7-10,13,18H,11-12H2,1-6H3. The number of methoxy groups -OCH3 is 1. The molecule has 0 fully saturated rings. The number of nitrogens with one attached hydrogen (secondary N) is 1. The van der Waals surface area contributed by atoms with Gasteiger partial charge in [0, 0.05) is 32.9 Å². The molecule has 4 heteroatoms. The van der Waals surface area contributed by atoms with Crippen LogP contribution >= 0.6 is 0 Å². The number of ether oxygens (including phenoxy) is 1. The predicted octanol–water partition coefficient (Wildman–Crippen LogP) is 2.93. The highest BCUT2D eigenvalue weighted by atomic mass is 16.5. The van der Waals surface area contributed by atoms with Gasteiger partial charge in [0.2, 0.25) is 5.91 Å². The van der Waals surface area contributed by atoms with Gasteiger partial charge in [-0.25, -0.2) is 0 Å². The van der Waals surface area contributed by atoms with Gasteiger partial charge in [0.25, 0.3) is 0 Å². The summed E-state index contributed by atoms with van der Waals surface area (Å²) in [5.41, 5.74) is 1.96. The first-order chi connectivity index (χ1) is 9.73. The maximum atomic E-state index is 11.7. The lowest BCUT2D eigenvalue weighted by Gasteiger charge is -2.27. The van der Waals surface area contributed by atoms with Crippen molar-refractivity contribution in [2.45, 2.75) is 45.3 Å². The van der Waals surface area contributed by atoms with Gasteiger partial charge in [0.05, 0.1) is 12.0 Å². The second-order valence-corrected chi connectivity index (χ2v) is 6.38. The molecule has 1 unspecified atom stereocenters. The van der Waals surface area contributed by atoms with Crippen molar-refractivity contribution in [1.29, 1.82) is 0 Å². The lowest BCUT2D eigenvalue weighted by atomic mass is 9.99. The first-order valence-electron chi connectivity index (χ1n) is 7.34. The molecule has 0 heterocycles. The number of nitrogens with zero attached hydrogens (tertiary/aromatic N) is 1. The summed E-state index contributed by atoms with van der Waals surface area (Å²) in [6.07, 6.45) is 1.36. The van der Waals surface area contributed by atoms with Gasteiger partial charge in [-0.2, -0.15) is 0 Å². The summed E-state index contributed by atoms with van der Waals surface area (Å²) in [7, 11) is 5.29. The van der Waals surface area contributed by atoms with Gasteiger partial charge in [-0.05, 0) is 44.9 Å². The number of anilines is 1. The van der Waals surface area contributed by atoms with Crippen molar-refractivity contribution in [3.8, 4) is 0 Å². The highest BCUT2D eigenvalue weighted by Gasteiger charge is 2.19. The van der Waals surface area contributed by atoms with Crippen LogP contribution in [0.1, 0.15) is 32.8 Å². The summed E-state index contributed by atoms with van der Waals surface area (Å²) in [5.74, 6) is 0.117. The number of carbonyl (C=O) groups is 1. The topological polar surface area (TPSA) is 41.6 Å². The Morgan fingerprint density at radius 1 is 1.29 bits per heavy atom. The second kappa shape index (κ2) is 7.46. The molecule has 0 aliphatic carbocycles. The van der Waals surface area contributed by atoms with Crippen LogP contribution in [0.25, 0.3) is 0 Å². The molecule has 1 N–H and O–H groups in total. The molecule has 0 spiro atoms. The summed E-state index contributed by atoms with van der Waals surface area (Å²) in [6.45, 7) is 6.31. The van der Waals surface area contributed by atoms with E-state index < -0.39 is 0 Å². The molecular weight excluding hydrogens is 264 g/mol. The summed E-state index contributed by atoms with van der Waals surface area (Å²) in [5, 5.41) is 3.46. The first-order valence-corrected chi connectivity index (χ1v) is 7.34. The molecule has 118 valence electrons. The van der Waals surface area contributed by atoms with Gasteiger partial charge in [-0.3, -0.25) is 4.79 Å². The Kier molecular flexibility index (Phi) is 6.21. The Hall–Kier alpha value is -1.55. The van der Waals surface area contributed by atoms with E-state index in [1.165, 1.54) is 0 Å². The Labute approximate surface area is 128 Å². The van der Waals surface area contributed by atoms with Crippen molar-refractivity contribution < 1.29 is 9.53 Å². The van der Waals surface area contributed by atoms with Gasteiger partial charge in [0.15, 0.2) is 0 Å². The van der Waals surface area contributed by atoms with Crippen LogP contribution in [0.3, 0.4) is 0 Å². The van der Waals surface area contributed by atoms with Gasteiger partial charge < -0.3 is 15.0 Å². The summed E-state index contributed by atoms with van der Waals surface area (Å²) >= 11 is 0. The molecule has 1 aromatic carbocycles. The molecule has 4 nitrogen and oxygen atoms in total. The zero-order valence-electron chi connectivity index (χ0n) is 14.1. The fourth-order valence-electron chi connectivity index (χ4n) is 2.21. The maximum Gasteiger partial charge on any atom is 0.226 e. The third kappa shape index (κ3) is 6.17. The quantitative estimate of drug-likeness (QED) is 0.840. The van der Waals surface area contributed by atoms with Crippen LogP contribution in [0, 0.1) is 0 Å². The third-order valence-electron chi connectivity index (χ3n) is 3.57. The molecule has 0 aliphatic heterocycles. The molecule has 1 atom stereocenters. The van der Waals surface area contributed by atoms with E-state index in [0.717, 1.165) is 17.7 Å². The number of benzene rings is 1. The number of amides is 1. The third-order valence-corrected chi connectivity index (χ3v) is 3.57. The van der Waals surface area contributed by atoms with Crippen LogP contribution in [0.15, 0.2) is 24.3 Å². The minimum absolute atomic E-state index is 0.117. The molecule has 21 heavy (non-hydrogen) atoms. The Morgan fingerprint density at radius 3 is 2.33 bits per heavy atom. The summed E-state index contributed by atoms with van der Waals surface area (Å²) in [6, 6.07) is 8.35. The zero-order chi connectivity index (χ0) is 16.0.